The summed E-state index contributed by atoms with van der Waals surface area (Å²) in [5, 5.41) is 4.33. The Balaban J connectivity index is 0.00000231. The third kappa shape index (κ3) is 3.84. The van der Waals surface area contributed by atoms with Gasteiger partial charge in [-0.2, -0.15) is 13.2 Å². The highest BCUT2D eigenvalue weighted by molar-refractivity contribution is 5.85. The fourth-order valence-corrected chi connectivity index (χ4v) is 3.78. The molecule has 4 aromatic rings. The molecule has 0 bridgehead atoms. The molecular weight excluding hydrogens is 431 g/mol. The van der Waals surface area contributed by atoms with E-state index in [0.717, 1.165) is 42.0 Å². The van der Waals surface area contributed by atoms with Crippen molar-refractivity contribution >= 4 is 23.4 Å². The predicted octanol–water partition coefficient (Wildman–Crippen LogP) is 4.73. The van der Waals surface area contributed by atoms with Crippen molar-refractivity contribution in [1.82, 2.24) is 14.9 Å². The summed E-state index contributed by atoms with van der Waals surface area (Å²) in [4.78, 5) is 16.1. The molecule has 160 valence electrons. The van der Waals surface area contributed by atoms with Gasteiger partial charge >= 0.3 is 6.18 Å². The number of hydrogen-bond donors (Lipinski definition) is 1. The largest absolute Gasteiger partial charge is 0.459 e. The van der Waals surface area contributed by atoms with Crippen molar-refractivity contribution in [1.29, 1.82) is 0 Å². The van der Waals surface area contributed by atoms with Crippen LogP contribution in [0.2, 0.25) is 0 Å². The van der Waals surface area contributed by atoms with Crippen molar-refractivity contribution in [2.75, 3.05) is 6.54 Å². The summed E-state index contributed by atoms with van der Waals surface area (Å²) in [6.07, 6.45) is -0.879. The monoisotopic (exact) mass is 447 g/mol. The second kappa shape index (κ2) is 7.86. The van der Waals surface area contributed by atoms with Gasteiger partial charge in [0.25, 0.3) is 5.56 Å². The first-order valence-electron chi connectivity index (χ1n) is 9.42. The van der Waals surface area contributed by atoms with Gasteiger partial charge in [-0.15, -0.1) is 12.4 Å². The van der Waals surface area contributed by atoms with E-state index in [1.54, 1.807) is 12.3 Å². The molecule has 9 heteroatoms. The van der Waals surface area contributed by atoms with Crippen LogP contribution in [0.4, 0.5) is 13.2 Å². The van der Waals surface area contributed by atoms with Gasteiger partial charge in [-0.05, 0) is 42.8 Å². The number of nitrogens with zero attached hydrogens (tertiary/aromatic N) is 2. The number of hydrogen-bond acceptors (Lipinski definition) is 4. The van der Waals surface area contributed by atoms with Crippen molar-refractivity contribution in [3.8, 4) is 16.8 Å². The first kappa shape index (κ1) is 21.1. The van der Waals surface area contributed by atoms with E-state index in [0.29, 0.717) is 23.4 Å². The van der Waals surface area contributed by atoms with Crippen molar-refractivity contribution < 1.29 is 17.6 Å². The first-order valence-corrected chi connectivity index (χ1v) is 9.42. The number of aromatic nitrogens is 2. The minimum atomic E-state index is -4.50. The quantitative estimate of drug-likeness (QED) is 0.482. The molecule has 31 heavy (non-hydrogen) atoms. The first-order chi connectivity index (χ1) is 14.4. The zero-order valence-corrected chi connectivity index (χ0v) is 16.9. The fraction of sp³-hybridized carbons (Fsp3) is 0.182. The molecule has 0 atom stereocenters. The maximum atomic E-state index is 12.7. The molecule has 4 heterocycles. The number of benzene rings is 1. The minimum absolute atomic E-state index is 0. The summed E-state index contributed by atoms with van der Waals surface area (Å²) < 4.78 is 45.5. The average Bonchev–Trinajstić information content (AvgIpc) is 3.11. The van der Waals surface area contributed by atoms with E-state index in [2.05, 4.69) is 10.3 Å². The van der Waals surface area contributed by atoms with E-state index in [1.807, 2.05) is 18.2 Å². The lowest BCUT2D eigenvalue weighted by Gasteiger charge is -2.10. The molecule has 0 unspecified atom stereocenters. The van der Waals surface area contributed by atoms with Crippen molar-refractivity contribution in [3.05, 3.63) is 82.2 Å². The molecule has 1 N–H and O–H groups in total. The maximum Gasteiger partial charge on any atom is 0.433 e. The van der Waals surface area contributed by atoms with Crippen LogP contribution in [0.3, 0.4) is 0 Å². The van der Waals surface area contributed by atoms with Crippen LogP contribution in [-0.4, -0.2) is 16.1 Å². The second-order valence-electron chi connectivity index (χ2n) is 7.16. The van der Waals surface area contributed by atoms with Gasteiger partial charge in [0.15, 0.2) is 0 Å². The molecule has 1 aliphatic rings. The highest BCUT2D eigenvalue weighted by Crippen LogP contribution is 2.30. The molecular formula is C22H17ClF3N3O2. The Morgan fingerprint density at radius 2 is 1.90 bits per heavy atom. The van der Waals surface area contributed by atoms with E-state index in [9.17, 15) is 18.0 Å². The highest BCUT2D eigenvalue weighted by Gasteiger charge is 2.32. The van der Waals surface area contributed by atoms with Gasteiger partial charge in [0, 0.05) is 41.0 Å². The lowest BCUT2D eigenvalue weighted by Crippen LogP contribution is -2.22. The van der Waals surface area contributed by atoms with Crippen LogP contribution in [0.1, 0.15) is 17.0 Å². The Hall–Kier alpha value is -3.10. The minimum Gasteiger partial charge on any atom is -0.459 e. The Labute approximate surface area is 180 Å². The van der Waals surface area contributed by atoms with E-state index >= 15 is 0 Å². The van der Waals surface area contributed by atoms with Crippen LogP contribution in [0.5, 0.6) is 0 Å². The normalized spacial score (nSPS) is 13.6. The van der Waals surface area contributed by atoms with Gasteiger partial charge in [0.05, 0.1) is 12.2 Å². The topological polar surface area (TPSA) is 60.1 Å². The van der Waals surface area contributed by atoms with Crippen LogP contribution >= 0.6 is 12.4 Å². The van der Waals surface area contributed by atoms with Gasteiger partial charge in [0.2, 0.25) is 0 Å². The maximum absolute atomic E-state index is 12.7. The van der Waals surface area contributed by atoms with E-state index in [4.69, 9.17) is 4.42 Å². The number of rotatable bonds is 2. The number of fused-ring (bicyclic) bond motifs is 3. The number of alkyl halides is 3. The molecule has 0 saturated heterocycles. The van der Waals surface area contributed by atoms with E-state index in [-0.39, 0.29) is 18.0 Å². The second-order valence-corrected chi connectivity index (χ2v) is 7.16. The van der Waals surface area contributed by atoms with Crippen LogP contribution in [0, 0.1) is 0 Å². The Kier molecular flexibility index (Phi) is 5.36. The summed E-state index contributed by atoms with van der Waals surface area (Å²) in [6, 6.07) is 10.9. The van der Waals surface area contributed by atoms with Crippen LogP contribution in [-0.2, 0) is 19.1 Å². The SMILES string of the molecule is Cl.O=c1cc(-c2ccc(C(F)(F)F)nc2)ccn1-c1ccc2c3c(oc2c1)CNCC3. The van der Waals surface area contributed by atoms with Gasteiger partial charge in [0.1, 0.15) is 17.0 Å². The molecule has 5 rings (SSSR count). The zero-order chi connectivity index (χ0) is 20.9. The third-order valence-corrected chi connectivity index (χ3v) is 5.28. The molecule has 0 radical (unpaired) electrons. The molecule has 0 amide bonds. The molecule has 5 nitrogen and oxygen atoms in total. The predicted molar refractivity (Wildman–Crippen MR) is 113 cm³/mol. The fourth-order valence-electron chi connectivity index (χ4n) is 3.78. The molecule has 1 aromatic carbocycles. The zero-order valence-electron chi connectivity index (χ0n) is 16.1. The van der Waals surface area contributed by atoms with Crippen molar-refractivity contribution in [2.45, 2.75) is 19.1 Å². The lowest BCUT2D eigenvalue weighted by atomic mass is 10.0. The number of pyridine rings is 2. The van der Waals surface area contributed by atoms with Gasteiger partial charge in [-0.1, -0.05) is 6.07 Å². The highest BCUT2D eigenvalue weighted by atomic mass is 35.5. The van der Waals surface area contributed by atoms with Gasteiger partial charge in [-0.3, -0.25) is 14.3 Å². The van der Waals surface area contributed by atoms with Crippen molar-refractivity contribution in [2.24, 2.45) is 0 Å². The van der Waals surface area contributed by atoms with Crippen molar-refractivity contribution in [3.63, 3.8) is 0 Å². The van der Waals surface area contributed by atoms with Crippen LogP contribution in [0.15, 0.2) is 64.1 Å². The molecule has 0 aliphatic carbocycles. The van der Waals surface area contributed by atoms with Gasteiger partial charge < -0.3 is 9.73 Å². The van der Waals surface area contributed by atoms with E-state index in [1.165, 1.54) is 22.3 Å². The number of nitrogens with one attached hydrogen (secondary N) is 1. The smallest absolute Gasteiger partial charge is 0.433 e. The lowest BCUT2D eigenvalue weighted by molar-refractivity contribution is -0.141. The Bertz CT molecular complexity index is 1310. The summed E-state index contributed by atoms with van der Waals surface area (Å²) >= 11 is 0. The van der Waals surface area contributed by atoms with Crippen LogP contribution < -0.4 is 10.9 Å². The number of halogens is 4. The molecule has 3 aromatic heterocycles. The van der Waals surface area contributed by atoms with Crippen LogP contribution in [0.25, 0.3) is 27.8 Å². The van der Waals surface area contributed by atoms with E-state index < -0.39 is 11.9 Å². The summed E-state index contributed by atoms with van der Waals surface area (Å²) in [5.41, 5.74) is 2.25. The van der Waals surface area contributed by atoms with Gasteiger partial charge in [-0.25, -0.2) is 0 Å². The average molecular weight is 448 g/mol. The Morgan fingerprint density at radius 3 is 2.61 bits per heavy atom. The summed E-state index contributed by atoms with van der Waals surface area (Å²) in [5.74, 6) is 0.922. The molecule has 1 aliphatic heterocycles. The molecule has 0 spiro atoms. The Morgan fingerprint density at radius 1 is 1.06 bits per heavy atom. The number of furan rings is 1. The standard InChI is InChI=1S/C22H16F3N3O2.ClH/c23-22(24,25)20-4-1-14(11-27-20)13-6-8-28(21(29)9-13)15-2-3-16-17-5-7-26-12-19(17)30-18(16)10-15;/h1-4,6,8-11,26H,5,7,12H2;1H. The summed E-state index contributed by atoms with van der Waals surface area (Å²) in [6.45, 7) is 1.60. The molecule has 0 fully saturated rings. The molecule has 0 saturated carbocycles. The summed E-state index contributed by atoms with van der Waals surface area (Å²) in [7, 11) is 0. The third-order valence-electron chi connectivity index (χ3n) is 5.28.